The zero-order chi connectivity index (χ0) is 20.8. The number of terminal acetylenes is 1. The molecule has 0 spiro atoms. The number of esters is 2. The van der Waals surface area contributed by atoms with E-state index in [4.69, 9.17) is 15.9 Å². The van der Waals surface area contributed by atoms with Crippen molar-refractivity contribution in [2.45, 2.75) is 33.6 Å². The van der Waals surface area contributed by atoms with Crippen LogP contribution in [0.15, 0.2) is 52.2 Å². The van der Waals surface area contributed by atoms with Gasteiger partial charge in [0.05, 0.1) is 12.7 Å². The quantitative estimate of drug-likeness (QED) is 0.443. The Labute approximate surface area is 166 Å². The number of hydrogen-bond donors (Lipinski definition) is 0. The number of nitrogens with zero attached hydrogens (tertiary/aromatic N) is 1. The van der Waals surface area contributed by atoms with Crippen molar-refractivity contribution in [3.8, 4) is 12.3 Å². The Morgan fingerprint density at radius 3 is 2.61 bits per heavy atom. The first kappa shape index (κ1) is 21.2. The van der Waals surface area contributed by atoms with E-state index in [0.29, 0.717) is 22.5 Å². The smallest absolute Gasteiger partial charge is 0.336 e. The Hall–Kier alpha value is -3.13. The van der Waals surface area contributed by atoms with Crippen molar-refractivity contribution >= 4 is 17.7 Å². The van der Waals surface area contributed by atoms with Gasteiger partial charge in [0.15, 0.2) is 0 Å². The summed E-state index contributed by atoms with van der Waals surface area (Å²) in [5.74, 6) is 0.314. The van der Waals surface area contributed by atoms with Crippen LogP contribution >= 0.6 is 0 Å². The van der Waals surface area contributed by atoms with Crippen molar-refractivity contribution in [3.63, 3.8) is 0 Å². The average molecular weight is 379 g/mol. The Morgan fingerprint density at radius 2 is 2.00 bits per heavy atom. The van der Waals surface area contributed by atoms with E-state index in [-0.39, 0.29) is 6.61 Å². The van der Waals surface area contributed by atoms with Crippen LogP contribution in [-0.4, -0.2) is 31.4 Å². The minimum absolute atomic E-state index is 0.153. The molecule has 2 atom stereocenters. The van der Waals surface area contributed by atoms with Gasteiger partial charge in [-0.05, 0) is 51.5 Å². The third-order valence-corrected chi connectivity index (χ3v) is 4.62. The maximum Gasteiger partial charge on any atom is 0.336 e. The fraction of sp³-hybridized carbons (Fsp3) is 0.348. The van der Waals surface area contributed by atoms with Gasteiger partial charge >= 0.3 is 11.9 Å². The summed E-state index contributed by atoms with van der Waals surface area (Å²) in [5.41, 5.74) is 3.90. The molecule has 0 bridgehead atoms. The SMILES string of the molecule is C#Cc1cccc(C2C(C(=O)OCC=C(C)C)=C(C)N=C(C)C2C(=O)OC)c1. The van der Waals surface area contributed by atoms with Crippen molar-refractivity contribution in [2.75, 3.05) is 13.7 Å². The maximum absolute atomic E-state index is 12.9. The van der Waals surface area contributed by atoms with E-state index < -0.39 is 23.8 Å². The van der Waals surface area contributed by atoms with Crippen LogP contribution in [0.1, 0.15) is 44.7 Å². The lowest BCUT2D eigenvalue weighted by atomic mass is 9.75. The highest BCUT2D eigenvalue weighted by Crippen LogP contribution is 2.40. The molecule has 1 aromatic rings. The minimum atomic E-state index is -0.729. The summed E-state index contributed by atoms with van der Waals surface area (Å²) in [6.07, 6.45) is 7.35. The highest BCUT2D eigenvalue weighted by atomic mass is 16.5. The summed E-state index contributed by atoms with van der Waals surface area (Å²) in [5, 5.41) is 0. The zero-order valence-corrected chi connectivity index (χ0v) is 16.9. The van der Waals surface area contributed by atoms with Gasteiger partial charge in [0.25, 0.3) is 0 Å². The molecule has 0 saturated carbocycles. The molecule has 0 saturated heterocycles. The molecule has 2 unspecified atom stereocenters. The number of methoxy groups -OCH3 is 1. The molecule has 2 rings (SSSR count). The number of carbonyl (C=O) groups is 2. The van der Waals surface area contributed by atoms with Gasteiger partial charge in [0.1, 0.15) is 12.5 Å². The largest absolute Gasteiger partial charge is 0.468 e. The van der Waals surface area contributed by atoms with E-state index in [2.05, 4.69) is 10.9 Å². The van der Waals surface area contributed by atoms with E-state index in [1.165, 1.54) is 7.11 Å². The molecular weight excluding hydrogens is 354 g/mol. The average Bonchev–Trinajstić information content (AvgIpc) is 2.66. The molecule has 1 aliphatic heterocycles. The summed E-state index contributed by atoms with van der Waals surface area (Å²) >= 11 is 0. The van der Waals surface area contributed by atoms with Crippen molar-refractivity contribution < 1.29 is 19.1 Å². The number of rotatable bonds is 5. The number of allylic oxidation sites excluding steroid dienone is 2. The van der Waals surface area contributed by atoms with E-state index in [1.54, 1.807) is 32.0 Å². The lowest BCUT2D eigenvalue weighted by molar-refractivity contribution is -0.143. The third-order valence-electron chi connectivity index (χ3n) is 4.62. The summed E-state index contributed by atoms with van der Waals surface area (Å²) in [6, 6.07) is 7.25. The first-order valence-corrected chi connectivity index (χ1v) is 9.01. The van der Waals surface area contributed by atoms with E-state index in [0.717, 1.165) is 11.1 Å². The molecule has 0 radical (unpaired) electrons. The van der Waals surface area contributed by atoms with Crippen molar-refractivity contribution in [3.05, 3.63) is 58.3 Å². The van der Waals surface area contributed by atoms with E-state index >= 15 is 0 Å². The normalized spacial score (nSPS) is 18.6. The standard InChI is InChI=1S/C23H25NO4/c1-7-17-9-8-10-18(13-17)21-19(22(25)27-6)15(4)24-16(5)20(21)23(26)28-12-11-14(2)3/h1,8-11,13,19,21H,12H2,2-6H3. The highest BCUT2D eigenvalue weighted by molar-refractivity contribution is 6.07. The fourth-order valence-electron chi connectivity index (χ4n) is 3.28. The van der Waals surface area contributed by atoms with Gasteiger partial charge in [0, 0.05) is 22.9 Å². The minimum Gasteiger partial charge on any atom is -0.468 e. The second-order valence-corrected chi connectivity index (χ2v) is 6.88. The van der Waals surface area contributed by atoms with Gasteiger partial charge < -0.3 is 9.47 Å². The van der Waals surface area contributed by atoms with Gasteiger partial charge in [0.2, 0.25) is 0 Å². The number of aliphatic imine (C=N–C) groups is 1. The molecule has 1 aromatic carbocycles. The molecule has 1 heterocycles. The van der Waals surface area contributed by atoms with Crippen LogP contribution in [0.2, 0.25) is 0 Å². The highest BCUT2D eigenvalue weighted by Gasteiger charge is 2.42. The maximum atomic E-state index is 12.9. The van der Waals surface area contributed by atoms with Crippen LogP contribution in [0.3, 0.4) is 0 Å². The first-order chi connectivity index (χ1) is 13.3. The number of hydrogen-bond acceptors (Lipinski definition) is 5. The lowest BCUT2D eigenvalue weighted by Crippen LogP contribution is -2.36. The monoisotopic (exact) mass is 379 g/mol. The van der Waals surface area contributed by atoms with Gasteiger partial charge in [-0.25, -0.2) is 4.79 Å². The fourth-order valence-corrected chi connectivity index (χ4v) is 3.28. The topological polar surface area (TPSA) is 65.0 Å². The summed E-state index contributed by atoms with van der Waals surface area (Å²) in [7, 11) is 1.32. The second kappa shape index (κ2) is 9.18. The molecule has 0 fully saturated rings. The Balaban J connectivity index is 2.57. The van der Waals surface area contributed by atoms with Crippen LogP contribution in [0.25, 0.3) is 0 Å². The molecule has 5 heteroatoms. The molecule has 0 N–H and O–H groups in total. The molecule has 1 aliphatic rings. The molecule has 146 valence electrons. The molecule has 5 nitrogen and oxygen atoms in total. The molecule has 0 amide bonds. The van der Waals surface area contributed by atoms with Crippen molar-refractivity contribution in [1.29, 1.82) is 0 Å². The van der Waals surface area contributed by atoms with Crippen LogP contribution in [0.4, 0.5) is 0 Å². The Morgan fingerprint density at radius 1 is 1.29 bits per heavy atom. The summed E-state index contributed by atoms with van der Waals surface area (Å²) in [4.78, 5) is 29.9. The van der Waals surface area contributed by atoms with Gasteiger partial charge in [-0.3, -0.25) is 9.79 Å². The Kier molecular flexibility index (Phi) is 6.94. The molecule has 0 aromatic heterocycles. The van der Waals surface area contributed by atoms with Crippen molar-refractivity contribution in [1.82, 2.24) is 0 Å². The summed E-state index contributed by atoms with van der Waals surface area (Å²) in [6.45, 7) is 7.50. The van der Waals surface area contributed by atoms with Gasteiger partial charge in [-0.15, -0.1) is 6.42 Å². The van der Waals surface area contributed by atoms with E-state index in [1.807, 2.05) is 26.0 Å². The predicted molar refractivity (Wildman–Crippen MR) is 109 cm³/mol. The van der Waals surface area contributed by atoms with Crippen LogP contribution in [-0.2, 0) is 19.1 Å². The van der Waals surface area contributed by atoms with E-state index in [9.17, 15) is 9.59 Å². The van der Waals surface area contributed by atoms with Gasteiger partial charge in [-0.1, -0.05) is 23.6 Å². The van der Waals surface area contributed by atoms with Crippen molar-refractivity contribution in [2.24, 2.45) is 10.9 Å². The van der Waals surface area contributed by atoms with Gasteiger partial charge in [-0.2, -0.15) is 0 Å². The number of ether oxygens (including phenoxy) is 2. The molecule has 28 heavy (non-hydrogen) atoms. The molecule has 0 aliphatic carbocycles. The Bertz CT molecular complexity index is 911. The van der Waals surface area contributed by atoms with Crippen LogP contribution in [0, 0.1) is 18.3 Å². The van der Waals surface area contributed by atoms with Crippen LogP contribution in [0.5, 0.6) is 0 Å². The van der Waals surface area contributed by atoms with Crippen LogP contribution < -0.4 is 0 Å². The predicted octanol–water partition coefficient (Wildman–Crippen LogP) is 3.80. The second-order valence-electron chi connectivity index (χ2n) is 6.88. The number of benzene rings is 1. The number of carbonyl (C=O) groups excluding carboxylic acids is 2. The third kappa shape index (κ3) is 4.58. The first-order valence-electron chi connectivity index (χ1n) is 9.01. The lowest BCUT2D eigenvalue weighted by Gasteiger charge is -2.31. The summed E-state index contributed by atoms with van der Waals surface area (Å²) < 4.78 is 10.4. The zero-order valence-electron chi connectivity index (χ0n) is 16.9. The molecular formula is C23H25NO4.